The van der Waals surface area contributed by atoms with Crippen molar-refractivity contribution in [2.45, 2.75) is 18.7 Å². The second-order valence-corrected chi connectivity index (χ2v) is 8.64. The zero-order valence-electron chi connectivity index (χ0n) is 18.6. The molecule has 9 heteroatoms. The van der Waals surface area contributed by atoms with Gasteiger partial charge in [0.05, 0.1) is 31.2 Å². The summed E-state index contributed by atoms with van der Waals surface area (Å²) < 4.78 is 43.1. The van der Waals surface area contributed by atoms with Crippen LogP contribution in [0.5, 0.6) is 17.2 Å². The predicted molar refractivity (Wildman–Crippen MR) is 119 cm³/mol. The highest BCUT2D eigenvalue weighted by molar-refractivity contribution is 7.89. The zero-order valence-corrected chi connectivity index (χ0v) is 19.4. The molecule has 31 heavy (non-hydrogen) atoms. The van der Waals surface area contributed by atoms with Crippen LogP contribution in [0, 0.1) is 0 Å². The Labute approximate surface area is 184 Å². The third kappa shape index (κ3) is 5.89. The van der Waals surface area contributed by atoms with Gasteiger partial charge in [0, 0.05) is 20.1 Å². The summed E-state index contributed by atoms with van der Waals surface area (Å²) in [6.45, 7) is 4.81. The second kappa shape index (κ2) is 11.0. The van der Waals surface area contributed by atoms with Crippen molar-refractivity contribution in [1.29, 1.82) is 0 Å². The molecule has 0 bridgehead atoms. The average Bonchev–Trinajstić information content (AvgIpc) is 2.79. The third-order valence-electron chi connectivity index (χ3n) is 4.85. The van der Waals surface area contributed by atoms with Gasteiger partial charge < -0.3 is 19.1 Å². The fourth-order valence-corrected chi connectivity index (χ4v) is 4.49. The lowest BCUT2D eigenvalue weighted by Gasteiger charge is -2.21. The van der Waals surface area contributed by atoms with Crippen molar-refractivity contribution in [2.24, 2.45) is 0 Å². The van der Waals surface area contributed by atoms with Crippen LogP contribution in [0.4, 0.5) is 0 Å². The number of carbonyl (C=O) groups is 1. The Kier molecular flexibility index (Phi) is 8.70. The maximum atomic E-state index is 13.0. The van der Waals surface area contributed by atoms with E-state index in [-0.39, 0.29) is 23.0 Å². The predicted octanol–water partition coefficient (Wildman–Crippen LogP) is 2.89. The molecule has 0 heterocycles. The molecule has 0 fully saturated rings. The van der Waals surface area contributed by atoms with E-state index in [1.165, 1.54) is 34.5 Å². The number of sulfonamides is 1. The van der Waals surface area contributed by atoms with Crippen LogP contribution < -0.4 is 14.2 Å². The average molecular weight is 451 g/mol. The van der Waals surface area contributed by atoms with Crippen LogP contribution in [-0.4, -0.2) is 71.0 Å². The van der Waals surface area contributed by atoms with Gasteiger partial charge in [0.2, 0.25) is 10.0 Å². The molecular formula is C22H30N2O6S. The standard InChI is InChI=1S/C22H30N2O6S/c1-6-24(7-2)31(26,27)19-12-13-21(29-5)20(16-19)22(25)23(3)14-15-30-18-10-8-17(28-4)9-11-18/h8-13,16H,6-7,14-15H2,1-5H3. The van der Waals surface area contributed by atoms with Crippen LogP contribution in [0.3, 0.4) is 0 Å². The molecule has 170 valence electrons. The molecule has 0 aliphatic heterocycles. The number of likely N-dealkylation sites (N-methyl/N-ethyl adjacent to an activating group) is 1. The fraction of sp³-hybridized carbons (Fsp3) is 0.409. The number of hydrogen-bond acceptors (Lipinski definition) is 6. The molecule has 2 aromatic rings. The molecule has 2 aromatic carbocycles. The molecule has 0 aromatic heterocycles. The van der Waals surface area contributed by atoms with Crippen LogP contribution in [0.25, 0.3) is 0 Å². The van der Waals surface area contributed by atoms with Gasteiger partial charge >= 0.3 is 0 Å². The maximum absolute atomic E-state index is 13.0. The summed E-state index contributed by atoms with van der Waals surface area (Å²) in [4.78, 5) is 14.5. The van der Waals surface area contributed by atoms with Crippen molar-refractivity contribution in [3.8, 4) is 17.2 Å². The van der Waals surface area contributed by atoms with E-state index in [9.17, 15) is 13.2 Å². The second-order valence-electron chi connectivity index (χ2n) is 6.70. The van der Waals surface area contributed by atoms with E-state index in [0.717, 1.165) is 5.75 Å². The zero-order chi connectivity index (χ0) is 23.0. The van der Waals surface area contributed by atoms with Crippen LogP contribution in [0.1, 0.15) is 24.2 Å². The fourth-order valence-electron chi connectivity index (χ4n) is 3.01. The summed E-state index contributed by atoms with van der Waals surface area (Å²) in [5.74, 6) is 1.34. The van der Waals surface area contributed by atoms with E-state index in [1.807, 2.05) is 0 Å². The van der Waals surface area contributed by atoms with Crippen molar-refractivity contribution in [3.05, 3.63) is 48.0 Å². The first-order valence-electron chi connectivity index (χ1n) is 9.98. The summed E-state index contributed by atoms with van der Waals surface area (Å²) >= 11 is 0. The van der Waals surface area contributed by atoms with E-state index in [4.69, 9.17) is 14.2 Å². The van der Waals surface area contributed by atoms with Crippen LogP contribution >= 0.6 is 0 Å². The number of ether oxygens (including phenoxy) is 3. The Hall–Kier alpha value is -2.78. The molecule has 1 amide bonds. The van der Waals surface area contributed by atoms with E-state index in [2.05, 4.69) is 0 Å². The molecule has 2 rings (SSSR count). The van der Waals surface area contributed by atoms with Gasteiger partial charge in [0.15, 0.2) is 0 Å². The summed E-state index contributed by atoms with van der Waals surface area (Å²) in [5.41, 5.74) is 0.183. The van der Waals surface area contributed by atoms with E-state index in [1.54, 1.807) is 52.3 Å². The number of amides is 1. The Balaban J connectivity index is 2.14. The molecule has 0 radical (unpaired) electrons. The molecule has 0 spiro atoms. The van der Waals surface area contributed by atoms with Crippen molar-refractivity contribution >= 4 is 15.9 Å². The van der Waals surface area contributed by atoms with Gasteiger partial charge in [-0.15, -0.1) is 0 Å². The number of hydrogen-bond donors (Lipinski definition) is 0. The Morgan fingerprint density at radius 2 is 1.55 bits per heavy atom. The largest absolute Gasteiger partial charge is 0.497 e. The van der Waals surface area contributed by atoms with Gasteiger partial charge in [0.1, 0.15) is 23.9 Å². The quantitative estimate of drug-likeness (QED) is 0.523. The van der Waals surface area contributed by atoms with Crippen molar-refractivity contribution in [1.82, 2.24) is 9.21 Å². The molecule has 8 nitrogen and oxygen atoms in total. The molecule has 0 saturated heterocycles. The number of rotatable bonds is 11. The lowest BCUT2D eigenvalue weighted by Crippen LogP contribution is -2.32. The first-order valence-corrected chi connectivity index (χ1v) is 11.4. The van der Waals surface area contributed by atoms with Gasteiger partial charge in [0.25, 0.3) is 5.91 Å². The first-order chi connectivity index (χ1) is 14.8. The summed E-state index contributed by atoms with van der Waals surface area (Å²) in [5, 5.41) is 0. The van der Waals surface area contributed by atoms with Gasteiger partial charge in [-0.1, -0.05) is 13.8 Å². The summed E-state index contributed by atoms with van der Waals surface area (Å²) in [6, 6.07) is 11.5. The maximum Gasteiger partial charge on any atom is 0.257 e. The molecule has 0 aliphatic rings. The van der Waals surface area contributed by atoms with Crippen molar-refractivity contribution in [3.63, 3.8) is 0 Å². The highest BCUT2D eigenvalue weighted by Gasteiger charge is 2.25. The molecule has 0 N–H and O–H groups in total. The Morgan fingerprint density at radius 1 is 0.935 bits per heavy atom. The molecule has 0 aliphatic carbocycles. The van der Waals surface area contributed by atoms with Crippen LogP contribution in [0.2, 0.25) is 0 Å². The SMILES string of the molecule is CCN(CC)S(=O)(=O)c1ccc(OC)c(C(=O)N(C)CCOc2ccc(OC)cc2)c1. The van der Waals surface area contributed by atoms with Crippen LogP contribution in [0.15, 0.2) is 47.4 Å². The minimum Gasteiger partial charge on any atom is -0.497 e. The number of benzene rings is 2. The normalized spacial score (nSPS) is 11.3. The third-order valence-corrected chi connectivity index (χ3v) is 6.89. The van der Waals surface area contributed by atoms with Crippen LogP contribution in [-0.2, 0) is 10.0 Å². The van der Waals surface area contributed by atoms with Gasteiger partial charge in [-0.25, -0.2) is 8.42 Å². The molecule has 0 unspecified atom stereocenters. The monoisotopic (exact) mass is 450 g/mol. The first kappa shape index (κ1) is 24.5. The molecular weight excluding hydrogens is 420 g/mol. The Morgan fingerprint density at radius 3 is 2.10 bits per heavy atom. The van der Waals surface area contributed by atoms with E-state index >= 15 is 0 Å². The number of carbonyl (C=O) groups excluding carboxylic acids is 1. The summed E-state index contributed by atoms with van der Waals surface area (Å²) in [6.07, 6.45) is 0. The highest BCUT2D eigenvalue weighted by atomic mass is 32.2. The minimum absolute atomic E-state index is 0.0585. The van der Waals surface area contributed by atoms with E-state index in [0.29, 0.717) is 31.1 Å². The highest BCUT2D eigenvalue weighted by Crippen LogP contribution is 2.26. The topological polar surface area (TPSA) is 85.4 Å². The minimum atomic E-state index is -3.69. The summed E-state index contributed by atoms with van der Waals surface area (Å²) in [7, 11) is 0.967. The smallest absolute Gasteiger partial charge is 0.257 e. The van der Waals surface area contributed by atoms with Gasteiger partial charge in [-0.05, 0) is 42.5 Å². The van der Waals surface area contributed by atoms with Gasteiger partial charge in [-0.2, -0.15) is 4.31 Å². The number of nitrogens with zero attached hydrogens (tertiary/aromatic N) is 2. The Bertz CT molecular complexity index is 972. The van der Waals surface area contributed by atoms with E-state index < -0.39 is 10.0 Å². The van der Waals surface area contributed by atoms with Crippen molar-refractivity contribution < 1.29 is 27.4 Å². The lowest BCUT2D eigenvalue weighted by molar-refractivity contribution is 0.0770. The molecule has 0 atom stereocenters. The number of methoxy groups -OCH3 is 2. The lowest BCUT2D eigenvalue weighted by atomic mass is 10.1. The molecule has 0 saturated carbocycles. The van der Waals surface area contributed by atoms with Crippen molar-refractivity contribution in [2.75, 3.05) is 47.5 Å². The van der Waals surface area contributed by atoms with Gasteiger partial charge in [-0.3, -0.25) is 4.79 Å².